The topological polar surface area (TPSA) is 49.3 Å². The van der Waals surface area contributed by atoms with E-state index in [0.29, 0.717) is 25.9 Å². The summed E-state index contributed by atoms with van der Waals surface area (Å²) < 4.78 is 37.2. The smallest absolute Gasteiger partial charge is 0.356 e. The number of alkyl halides is 3. The molecule has 0 atom stereocenters. The predicted molar refractivity (Wildman–Crippen MR) is 89.5 cm³/mol. The Labute approximate surface area is 146 Å². The van der Waals surface area contributed by atoms with Crippen molar-refractivity contribution >= 4 is 11.7 Å². The number of anilines is 1. The molecule has 1 aromatic rings. The standard InChI is InChI=1S/C17H25F3N4O/c1-11(2)16-21-12(3)9-14(22-16)24-7-5-13(6-8-24)23(4)15(25)10-17(18,19)20/h9,11,13H,5-8,10H2,1-4H3. The predicted octanol–water partition coefficient (Wildman–Crippen LogP) is 3.29. The summed E-state index contributed by atoms with van der Waals surface area (Å²) in [6.45, 7) is 7.30. The molecule has 2 heterocycles. The van der Waals surface area contributed by atoms with Crippen LogP contribution >= 0.6 is 0 Å². The van der Waals surface area contributed by atoms with E-state index in [4.69, 9.17) is 0 Å². The van der Waals surface area contributed by atoms with Crippen LogP contribution in [0.4, 0.5) is 19.0 Å². The van der Waals surface area contributed by atoms with Crippen molar-refractivity contribution in [3.05, 3.63) is 17.6 Å². The maximum Gasteiger partial charge on any atom is 0.397 e. The van der Waals surface area contributed by atoms with Gasteiger partial charge < -0.3 is 9.80 Å². The molecule has 1 aromatic heterocycles. The van der Waals surface area contributed by atoms with Gasteiger partial charge in [-0.3, -0.25) is 4.79 Å². The van der Waals surface area contributed by atoms with E-state index in [1.807, 2.05) is 26.8 Å². The molecule has 0 spiro atoms. The third kappa shape index (κ3) is 5.31. The summed E-state index contributed by atoms with van der Waals surface area (Å²) in [6, 6.07) is 1.75. The van der Waals surface area contributed by atoms with Crippen LogP contribution in [0.15, 0.2) is 6.07 Å². The van der Waals surface area contributed by atoms with Crippen molar-refractivity contribution in [2.75, 3.05) is 25.0 Å². The first-order chi connectivity index (χ1) is 11.6. The van der Waals surface area contributed by atoms with E-state index >= 15 is 0 Å². The Kier molecular flexibility index (Phi) is 5.90. The minimum Gasteiger partial charge on any atom is -0.356 e. The highest BCUT2D eigenvalue weighted by atomic mass is 19.4. The van der Waals surface area contributed by atoms with E-state index in [9.17, 15) is 18.0 Å². The van der Waals surface area contributed by atoms with Crippen molar-refractivity contribution < 1.29 is 18.0 Å². The number of rotatable bonds is 4. The minimum absolute atomic E-state index is 0.168. The van der Waals surface area contributed by atoms with Gasteiger partial charge in [0, 0.05) is 43.9 Å². The zero-order valence-electron chi connectivity index (χ0n) is 15.1. The van der Waals surface area contributed by atoms with Gasteiger partial charge in [0.15, 0.2) is 0 Å². The van der Waals surface area contributed by atoms with Gasteiger partial charge in [0.2, 0.25) is 5.91 Å². The van der Waals surface area contributed by atoms with E-state index in [0.717, 1.165) is 17.3 Å². The Bertz CT molecular complexity index is 610. The van der Waals surface area contributed by atoms with E-state index in [2.05, 4.69) is 14.9 Å². The van der Waals surface area contributed by atoms with Gasteiger partial charge in [0.05, 0.1) is 0 Å². The average Bonchev–Trinajstić information content (AvgIpc) is 2.52. The molecule has 0 aromatic carbocycles. The summed E-state index contributed by atoms with van der Waals surface area (Å²) in [6.07, 6.45) is -4.61. The Morgan fingerprint density at radius 1 is 1.32 bits per heavy atom. The molecule has 5 nitrogen and oxygen atoms in total. The van der Waals surface area contributed by atoms with E-state index < -0.39 is 18.5 Å². The van der Waals surface area contributed by atoms with Crippen LogP contribution in [0.3, 0.4) is 0 Å². The maximum atomic E-state index is 12.4. The molecule has 1 aliphatic heterocycles. The SMILES string of the molecule is Cc1cc(N2CCC(N(C)C(=O)CC(F)(F)F)CC2)nc(C(C)C)n1. The zero-order valence-corrected chi connectivity index (χ0v) is 15.1. The fourth-order valence-electron chi connectivity index (χ4n) is 2.98. The Morgan fingerprint density at radius 3 is 2.44 bits per heavy atom. The molecule has 0 unspecified atom stereocenters. The Hall–Kier alpha value is -1.86. The number of nitrogens with zero attached hydrogens (tertiary/aromatic N) is 4. The number of aromatic nitrogens is 2. The van der Waals surface area contributed by atoms with E-state index in [1.165, 1.54) is 11.9 Å². The molecule has 0 bridgehead atoms. The van der Waals surface area contributed by atoms with Crippen molar-refractivity contribution in [2.24, 2.45) is 0 Å². The molecule has 0 saturated carbocycles. The van der Waals surface area contributed by atoms with Gasteiger partial charge in [0.25, 0.3) is 0 Å². The lowest BCUT2D eigenvalue weighted by molar-refractivity contribution is -0.162. The van der Waals surface area contributed by atoms with Gasteiger partial charge in [-0.25, -0.2) is 9.97 Å². The fraction of sp³-hybridized carbons (Fsp3) is 0.706. The number of piperidine rings is 1. The summed E-state index contributed by atoms with van der Waals surface area (Å²) in [5, 5.41) is 0. The van der Waals surface area contributed by atoms with Gasteiger partial charge in [0.1, 0.15) is 18.1 Å². The van der Waals surface area contributed by atoms with Gasteiger partial charge >= 0.3 is 6.18 Å². The molecule has 0 radical (unpaired) electrons. The van der Waals surface area contributed by atoms with Crippen LogP contribution in [0.5, 0.6) is 0 Å². The van der Waals surface area contributed by atoms with Crippen molar-refractivity contribution in [3.8, 4) is 0 Å². The lowest BCUT2D eigenvalue weighted by Gasteiger charge is -2.37. The average molecular weight is 358 g/mol. The largest absolute Gasteiger partial charge is 0.397 e. The first kappa shape index (κ1) is 19.5. The fourth-order valence-corrected chi connectivity index (χ4v) is 2.98. The number of hydrogen-bond donors (Lipinski definition) is 0. The second-order valence-corrected chi connectivity index (χ2v) is 6.90. The first-order valence-corrected chi connectivity index (χ1v) is 8.49. The molecular formula is C17H25F3N4O. The van der Waals surface area contributed by atoms with Crippen LogP contribution in [0.1, 0.15) is 50.5 Å². The molecular weight excluding hydrogens is 333 g/mol. The highest BCUT2D eigenvalue weighted by molar-refractivity contribution is 5.76. The van der Waals surface area contributed by atoms with Crippen molar-refractivity contribution in [3.63, 3.8) is 0 Å². The summed E-state index contributed by atoms with van der Waals surface area (Å²) in [5.41, 5.74) is 0.897. The number of carbonyl (C=O) groups is 1. The number of carbonyl (C=O) groups excluding carboxylic acids is 1. The molecule has 2 rings (SSSR count). The third-order valence-corrected chi connectivity index (χ3v) is 4.46. The van der Waals surface area contributed by atoms with Crippen LogP contribution in [0.25, 0.3) is 0 Å². The lowest BCUT2D eigenvalue weighted by atomic mass is 10.0. The normalized spacial score (nSPS) is 16.4. The third-order valence-electron chi connectivity index (χ3n) is 4.46. The van der Waals surface area contributed by atoms with Gasteiger partial charge in [-0.2, -0.15) is 13.2 Å². The van der Waals surface area contributed by atoms with Crippen LogP contribution in [0, 0.1) is 6.92 Å². The molecule has 0 N–H and O–H groups in total. The highest BCUT2D eigenvalue weighted by Gasteiger charge is 2.35. The maximum absolute atomic E-state index is 12.4. The number of hydrogen-bond acceptors (Lipinski definition) is 4. The molecule has 1 saturated heterocycles. The lowest BCUT2D eigenvalue weighted by Crippen LogP contribution is -2.46. The summed E-state index contributed by atoms with van der Waals surface area (Å²) in [7, 11) is 1.46. The second kappa shape index (κ2) is 7.58. The zero-order chi connectivity index (χ0) is 18.8. The molecule has 8 heteroatoms. The molecule has 25 heavy (non-hydrogen) atoms. The first-order valence-electron chi connectivity index (χ1n) is 8.49. The minimum atomic E-state index is -4.46. The number of amides is 1. The Balaban J connectivity index is 1.99. The van der Waals surface area contributed by atoms with Crippen LogP contribution < -0.4 is 4.90 Å². The number of aryl methyl sites for hydroxylation is 1. The van der Waals surface area contributed by atoms with Crippen LogP contribution in [0.2, 0.25) is 0 Å². The summed E-state index contributed by atoms with van der Waals surface area (Å²) in [5.74, 6) is 0.988. The van der Waals surface area contributed by atoms with Crippen LogP contribution in [-0.2, 0) is 4.79 Å². The van der Waals surface area contributed by atoms with Crippen molar-refractivity contribution in [1.82, 2.24) is 14.9 Å². The summed E-state index contributed by atoms with van der Waals surface area (Å²) >= 11 is 0. The van der Waals surface area contributed by atoms with Crippen molar-refractivity contribution in [2.45, 2.75) is 58.2 Å². The van der Waals surface area contributed by atoms with Gasteiger partial charge in [-0.1, -0.05) is 13.8 Å². The van der Waals surface area contributed by atoms with E-state index in [1.54, 1.807) is 0 Å². The molecule has 140 valence electrons. The summed E-state index contributed by atoms with van der Waals surface area (Å²) in [4.78, 5) is 24.1. The highest BCUT2D eigenvalue weighted by Crippen LogP contribution is 2.25. The van der Waals surface area contributed by atoms with E-state index in [-0.39, 0.29) is 12.0 Å². The molecule has 1 fully saturated rings. The second-order valence-electron chi connectivity index (χ2n) is 6.90. The van der Waals surface area contributed by atoms with Gasteiger partial charge in [-0.15, -0.1) is 0 Å². The van der Waals surface area contributed by atoms with Crippen LogP contribution in [-0.4, -0.2) is 53.1 Å². The molecule has 0 aliphatic carbocycles. The number of halogens is 3. The quantitative estimate of drug-likeness (QED) is 0.829. The monoisotopic (exact) mass is 358 g/mol. The molecule has 1 aliphatic rings. The van der Waals surface area contributed by atoms with Gasteiger partial charge in [-0.05, 0) is 19.8 Å². The van der Waals surface area contributed by atoms with Crippen molar-refractivity contribution in [1.29, 1.82) is 0 Å². The Morgan fingerprint density at radius 2 is 1.92 bits per heavy atom. The molecule has 1 amide bonds.